The number of hydrogen-bond acceptors (Lipinski definition) is 2. The molecule has 0 unspecified atom stereocenters. The van der Waals surface area contributed by atoms with Gasteiger partial charge in [-0.3, -0.25) is 0 Å². The molecule has 1 aliphatic carbocycles. The molecule has 0 aromatic heterocycles. The van der Waals surface area contributed by atoms with E-state index in [0.717, 1.165) is 17.9 Å². The Morgan fingerprint density at radius 2 is 1.90 bits per heavy atom. The van der Waals surface area contributed by atoms with Gasteiger partial charge in [0.2, 0.25) is 0 Å². The van der Waals surface area contributed by atoms with E-state index >= 15 is 0 Å². The van der Waals surface area contributed by atoms with Gasteiger partial charge < -0.3 is 10.1 Å². The maximum Gasteiger partial charge on any atom is 0.147 e. The number of nitrogens with one attached hydrogen (secondary N) is 1. The summed E-state index contributed by atoms with van der Waals surface area (Å²) in [5, 5.41) is 4.67. The Hall–Kier alpha value is -1.22. The molecule has 0 saturated heterocycles. The summed E-state index contributed by atoms with van der Waals surface area (Å²) in [7, 11) is 0. The Labute approximate surface area is 135 Å². The normalized spacial score (nSPS) is 14.2. The van der Waals surface area contributed by atoms with Crippen LogP contribution < -0.4 is 10.1 Å². The van der Waals surface area contributed by atoms with E-state index < -0.39 is 0 Å². The highest BCUT2D eigenvalue weighted by Crippen LogP contribution is 2.33. The molecule has 0 bridgehead atoms. The fourth-order valence-electron chi connectivity index (χ4n) is 2.09. The lowest BCUT2D eigenvalue weighted by Gasteiger charge is -2.12. The molecule has 2 nitrogen and oxygen atoms in total. The highest BCUT2D eigenvalue weighted by atomic mass is 35.5. The SMILES string of the molecule is Cc1ccc(CNC2CC2)cc1Oc1cc(Cl)ccc1Cl. The number of aryl methyl sites for hydroxylation is 1. The lowest BCUT2D eigenvalue weighted by Crippen LogP contribution is -2.15. The highest BCUT2D eigenvalue weighted by Gasteiger charge is 2.20. The zero-order chi connectivity index (χ0) is 14.8. The van der Waals surface area contributed by atoms with Crippen LogP contribution in [0.4, 0.5) is 0 Å². The Bertz CT molecular complexity index is 653. The van der Waals surface area contributed by atoms with Crippen LogP contribution >= 0.6 is 23.2 Å². The van der Waals surface area contributed by atoms with Crippen molar-refractivity contribution in [3.63, 3.8) is 0 Å². The first-order chi connectivity index (χ1) is 10.1. The van der Waals surface area contributed by atoms with Crippen LogP contribution in [0.5, 0.6) is 11.5 Å². The Kier molecular flexibility index (Phi) is 4.39. The third-order valence-corrected chi connectivity index (χ3v) is 4.09. The largest absolute Gasteiger partial charge is 0.455 e. The minimum absolute atomic E-state index is 0.556. The van der Waals surface area contributed by atoms with E-state index in [4.69, 9.17) is 27.9 Å². The van der Waals surface area contributed by atoms with Crippen molar-refractivity contribution in [3.05, 3.63) is 57.6 Å². The van der Waals surface area contributed by atoms with Gasteiger partial charge in [-0.25, -0.2) is 0 Å². The summed E-state index contributed by atoms with van der Waals surface area (Å²) in [5.41, 5.74) is 2.28. The molecular formula is C17H17Cl2NO. The average molecular weight is 322 g/mol. The van der Waals surface area contributed by atoms with E-state index in [0.29, 0.717) is 21.8 Å². The van der Waals surface area contributed by atoms with Gasteiger partial charge in [0.1, 0.15) is 11.5 Å². The molecule has 0 aliphatic heterocycles. The fourth-order valence-corrected chi connectivity index (χ4v) is 2.41. The molecule has 4 heteroatoms. The van der Waals surface area contributed by atoms with E-state index in [9.17, 15) is 0 Å². The first kappa shape index (κ1) is 14.7. The van der Waals surface area contributed by atoms with Crippen LogP contribution in [0, 0.1) is 6.92 Å². The van der Waals surface area contributed by atoms with Crippen molar-refractivity contribution in [2.75, 3.05) is 0 Å². The van der Waals surface area contributed by atoms with Crippen LogP contribution in [0.25, 0.3) is 0 Å². The van der Waals surface area contributed by atoms with Crippen LogP contribution in [0.2, 0.25) is 10.0 Å². The van der Waals surface area contributed by atoms with Crippen molar-refractivity contribution in [1.82, 2.24) is 5.32 Å². The number of benzene rings is 2. The molecule has 2 aromatic carbocycles. The second-order valence-corrected chi connectivity index (χ2v) is 6.28. The molecule has 1 saturated carbocycles. The summed E-state index contributed by atoms with van der Waals surface area (Å²) in [6.07, 6.45) is 2.57. The Morgan fingerprint density at radius 1 is 1.10 bits per heavy atom. The minimum Gasteiger partial charge on any atom is -0.455 e. The molecule has 0 atom stereocenters. The van der Waals surface area contributed by atoms with Gasteiger partial charge in [-0.1, -0.05) is 35.3 Å². The lowest BCUT2D eigenvalue weighted by molar-refractivity contribution is 0.478. The maximum absolute atomic E-state index is 6.15. The van der Waals surface area contributed by atoms with Gasteiger partial charge in [0.15, 0.2) is 0 Å². The highest BCUT2D eigenvalue weighted by molar-refractivity contribution is 6.34. The summed E-state index contributed by atoms with van der Waals surface area (Å²) in [4.78, 5) is 0. The van der Waals surface area contributed by atoms with E-state index in [1.165, 1.54) is 18.4 Å². The number of rotatable bonds is 5. The molecule has 3 rings (SSSR count). The first-order valence-corrected chi connectivity index (χ1v) is 7.83. The summed E-state index contributed by atoms with van der Waals surface area (Å²) in [5.74, 6) is 1.40. The van der Waals surface area contributed by atoms with E-state index in [-0.39, 0.29) is 0 Å². The summed E-state index contributed by atoms with van der Waals surface area (Å²) >= 11 is 12.2. The van der Waals surface area contributed by atoms with E-state index in [1.807, 2.05) is 6.92 Å². The molecule has 1 N–H and O–H groups in total. The molecule has 1 fully saturated rings. The topological polar surface area (TPSA) is 21.3 Å². The third kappa shape index (κ3) is 3.91. The van der Waals surface area contributed by atoms with Gasteiger partial charge in [-0.05, 0) is 49.1 Å². The molecule has 1 aliphatic rings. The molecule has 0 heterocycles. The second kappa shape index (κ2) is 6.27. The average Bonchev–Trinajstić information content (AvgIpc) is 3.28. The van der Waals surface area contributed by atoms with Crippen LogP contribution in [-0.4, -0.2) is 6.04 Å². The van der Waals surface area contributed by atoms with Crippen molar-refractivity contribution >= 4 is 23.2 Å². The van der Waals surface area contributed by atoms with Gasteiger partial charge in [-0.15, -0.1) is 0 Å². The monoisotopic (exact) mass is 321 g/mol. The van der Waals surface area contributed by atoms with Crippen molar-refractivity contribution in [1.29, 1.82) is 0 Å². The minimum atomic E-state index is 0.556. The number of hydrogen-bond donors (Lipinski definition) is 1. The molecule has 110 valence electrons. The standard InChI is InChI=1S/C17H17Cl2NO/c1-11-2-3-12(10-20-14-5-6-14)8-16(11)21-17-9-13(18)4-7-15(17)19/h2-4,7-9,14,20H,5-6,10H2,1H3. The molecule has 2 aromatic rings. The van der Waals surface area contributed by atoms with Gasteiger partial charge in [-0.2, -0.15) is 0 Å². The predicted octanol–water partition coefficient (Wildman–Crippen LogP) is 5.35. The number of ether oxygens (including phenoxy) is 1. The van der Waals surface area contributed by atoms with Gasteiger partial charge in [0.05, 0.1) is 5.02 Å². The van der Waals surface area contributed by atoms with Crippen LogP contribution in [0.15, 0.2) is 36.4 Å². The van der Waals surface area contributed by atoms with Crippen LogP contribution in [-0.2, 0) is 6.54 Å². The predicted molar refractivity (Wildman–Crippen MR) is 87.6 cm³/mol. The molecule has 21 heavy (non-hydrogen) atoms. The summed E-state index contributed by atoms with van der Waals surface area (Å²) < 4.78 is 5.94. The summed E-state index contributed by atoms with van der Waals surface area (Å²) in [6, 6.07) is 12.2. The molecule has 0 amide bonds. The van der Waals surface area contributed by atoms with E-state index in [1.54, 1.807) is 18.2 Å². The zero-order valence-corrected chi connectivity index (χ0v) is 13.3. The quantitative estimate of drug-likeness (QED) is 0.801. The van der Waals surface area contributed by atoms with Crippen molar-refractivity contribution in [2.24, 2.45) is 0 Å². The summed E-state index contributed by atoms with van der Waals surface area (Å²) in [6.45, 7) is 2.89. The third-order valence-electron chi connectivity index (χ3n) is 3.54. The molecular weight excluding hydrogens is 305 g/mol. The zero-order valence-electron chi connectivity index (χ0n) is 11.8. The lowest BCUT2D eigenvalue weighted by atomic mass is 10.1. The first-order valence-electron chi connectivity index (χ1n) is 7.07. The van der Waals surface area contributed by atoms with Gasteiger partial charge in [0, 0.05) is 23.7 Å². The van der Waals surface area contributed by atoms with Crippen LogP contribution in [0.3, 0.4) is 0 Å². The Balaban J connectivity index is 1.79. The smallest absolute Gasteiger partial charge is 0.147 e. The van der Waals surface area contributed by atoms with E-state index in [2.05, 4.69) is 23.5 Å². The van der Waals surface area contributed by atoms with Crippen LogP contribution in [0.1, 0.15) is 24.0 Å². The van der Waals surface area contributed by atoms with Gasteiger partial charge >= 0.3 is 0 Å². The number of halogens is 2. The molecule has 0 radical (unpaired) electrons. The molecule has 0 spiro atoms. The van der Waals surface area contributed by atoms with Crippen molar-refractivity contribution < 1.29 is 4.74 Å². The Morgan fingerprint density at radius 3 is 2.67 bits per heavy atom. The van der Waals surface area contributed by atoms with Crippen molar-refractivity contribution in [3.8, 4) is 11.5 Å². The fraction of sp³-hybridized carbons (Fsp3) is 0.294. The van der Waals surface area contributed by atoms with Gasteiger partial charge in [0.25, 0.3) is 0 Å². The van der Waals surface area contributed by atoms with Crippen molar-refractivity contribution in [2.45, 2.75) is 32.4 Å². The second-order valence-electron chi connectivity index (χ2n) is 5.43. The maximum atomic E-state index is 6.15.